The number of nitrogens with one attached hydrogen (secondary N) is 1. The molecule has 0 aliphatic rings. The molecule has 0 fully saturated rings. The number of hydrogen-bond acceptors (Lipinski definition) is 4. The maximum absolute atomic E-state index is 12.8. The summed E-state index contributed by atoms with van der Waals surface area (Å²) >= 11 is 0. The fourth-order valence-corrected chi connectivity index (χ4v) is 3.07. The van der Waals surface area contributed by atoms with Gasteiger partial charge in [0, 0.05) is 5.69 Å². The number of nitrogens with zero attached hydrogens (tertiary/aromatic N) is 3. The molecule has 0 aliphatic heterocycles. The summed E-state index contributed by atoms with van der Waals surface area (Å²) in [7, 11) is 0. The molecule has 1 amide bonds. The molecule has 2 aromatic carbocycles. The van der Waals surface area contributed by atoms with Gasteiger partial charge in [-0.15, -0.1) is 5.10 Å². The minimum atomic E-state index is -0.372. The standard InChI is InChI=1S/C22H20N4O2/c1-14-6-8-18(9-7-14)26-21(19-5-4-10-28-19)24-20(25-26)22(27)23-17-12-15(2)11-16(3)13-17/h4-13H,1-3H3,(H,23,27). The SMILES string of the molecule is Cc1ccc(-n2nc(C(=O)Nc3cc(C)cc(C)c3)nc2-c2ccco2)cc1. The van der Waals surface area contributed by atoms with Crippen LogP contribution in [0.3, 0.4) is 0 Å². The highest BCUT2D eigenvalue weighted by Crippen LogP contribution is 2.22. The van der Waals surface area contributed by atoms with Crippen LogP contribution in [0.2, 0.25) is 0 Å². The molecular formula is C22H20N4O2. The molecule has 0 atom stereocenters. The third-order valence-corrected chi connectivity index (χ3v) is 4.31. The minimum Gasteiger partial charge on any atom is -0.461 e. The molecule has 140 valence electrons. The maximum Gasteiger partial charge on any atom is 0.295 e. The lowest BCUT2D eigenvalue weighted by atomic mass is 10.1. The Morgan fingerprint density at radius 3 is 2.32 bits per heavy atom. The Morgan fingerprint density at radius 2 is 1.68 bits per heavy atom. The van der Waals surface area contributed by atoms with E-state index in [0.717, 1.165) is 22.4 Å². The van der Waals surface area contributed by atoms with Crippen LogP contribution < -0.4 is 5.32 Å². The second-order valence-corrected chi connectivity index (χ2v) is 6.81. The molecule has 2 aromatic heterocycles. The predicted molar refractivity (Wildman–Crippen MR) is 108 cm³/mol. The lowest BCUT2D eigenvalue weighted by Crippen LogP contribution is -2.14. The Kier molecular flexibility index (Phi) is 4.53. The van der Waals surface area contributed by atoms with Crippen molar-refractivity contribution in [1.29, 1.82) is 0 Å². The van der Waals surface area contributed by atoms with Gasteiger partial charge in [0.25, 0.3) is 5.91 Å². The Bertz CT molecular complexity index is 1110. The number of aryl methyl sites for hydroxylation is 3. The molecule has 6 nitrogen and oxygen atoms in total. The highest BCUT2D eigenvalue weighted by Gasteiger charge is 2.20. The molecule has 28 heavy (non-hydrogen) atoms. The van der Waals surface area contributed by atoms with Gasteiger partial charge in [-0.05, 0) is 68.3 Å². The van der Waals surface area contributed by atoms with E-state index in [1.807, 2.05) is 57.2 Å². The zero-order valence-electron chi connectivity index (χ0n) is 15.9. The second-order valence-electron chi connectivity index (χ2n) is 6.81. The Labute approximate surface area is 162 Å². The number of carbonyl (C=O) groups is 1. The van der Waals surface area contributed by atoms with Crippen molar-refractivity contribution in [3.05, 3.63) is 83.4 Å². The van der Waals surface area contributed by atoms with Crippen LogP contribution in [0.1, 0.15) is 27.3 Å². The van der Waals surface area contributed by atoms with Crippen LogP contribution in [-0.4, -0.2) is 20.7 Å². The second kappa shape index (κ2) is 7.15. The molecule has 0 aliphatic carbocycles. The molecule has 1 N–H and O–H groups in total. The maximum atomic E-state index is 12.8. The summed E-state index contributed by atoms with van der Waals surface area (Å²) in [5.74, 6) is 0.716. The van der Waals surface area contributed by atoms with E-state index in [2.05, 4.69) is 21.5 Å². The molecule has 0 saturated carbocycles. The van der Waals surface area contributed by atoms with E-state index in [1.54, 1.807) is 23.1 Å². The first-order valence-corrected chi connectivity index (χ1v) is 8.97. The van der Waals surface area contributed by atoms with Crippen LogP contribution in [0.25, 0.3) is 17.3 Å². The van der Waals surface area contributed by atoms with Crippen LogP contribution in [0.15, 0.2) is 65.3 Å². The molecule has 2 heterocycles. The van der Waals surface area contributed by atoms with Crippen LogP contribution in [-0.2, 0) is 0 Å². The fourth-order valence-electron chi connectivity index (χ4n) is 3.07. The van der Waals surface area contributed by atoms with Gasteiger partial charge >= 0.3 is 0 Å². The van der Waals surface area contributed by atoms with Gasteiger partial charge in [0.1, 0.15) is 0 Å². The van der Waals surface area contributed by atoms with Crippen molar-refractivity contribution >= 4 is 11.6 Å². The molecule has 0 spiro atoms. The molecule has 4 aromatic rings. The third-order valence-electron chi connectivity index (χ3n) is 4.31. The van der Waals surface area contributed by atoms with Gasteiger partial charge in [0.05, 0.1) is 12.0 Å². The molecular weight excluding hydrogens is 352 g/mol. The molecule has 0 bridgehead atoms. The number of anilines is 1. The highest BCUT2D eigenvalue weighted by molar-refractivity contribution is 6.01. The van der Waals surface area contributed by atoms with Gasteiger partial charge in [0.2, 0.25) is 5.82 Å². The Morgan fingerprint density at radius 1 is 0.964 bits per heavy atom. The van der Waals surface area contributed by atoms with Crippen molar-refractivity contribution in [2.45, 2.75) is 20.8 Å². The lowest BCUT2D eigenvalue weighted by Gasteiger charge is -2.05. The average Bonchev–Trinajstić information content (AvgIpc) is 3.31. The van der Waals surface area contributed by atoms with E-state index in [9.17, 15) is 4.79 Å². The normalized spacial score (nSPS) is 10.8. The summed E-state index contributed by atoms with van der Waals surface area (Å²) in [6, 6.07) is 17.3. The Hall–Kier alpha value is -3.67. The number of hydrogen-bond donors (Lipinski definition) is 1. The summed E-state index contributed by atoms with van der Waals surface area (Å²) < 4.78 is 7.11. The number of carbonyl (C=O) groups excluding carboxylic acids is 1. The first-order chi connectivity index (χ1) is 13.5. The summed E-state index contributed by atoms with van der Waals surface area (Å²) in [6.07, 6.45) is 1.57. The molecule has 4 rings (SSSR count). The van der Waals surface area contributed by atoms with Gasteiger partial charge in [-0.2, -0.15) is 4.98 Å². The van der Waals surface area contributed by atoms with E-state index in [0.29, 0.717) is 17.3 Å². The number of aromatic nitrogens is 3. The van der Waals surface area contributed by atoms with Gasteiger partial charge < -0.3 is 9.73 Å². The van der Waals surface area contributed by atoms with Crippen molar-refractivity contribution in [1.82, 2.24) is 14.8 Å². The monoisotopic (exact) mass is 372 g/mol. The number of rotatable bonds is 4. The average molecular weight is 372 g/mol. The largest absolute Gasteiger partial charge is 0.461 e. The van der Waals surface area contributed by atoms with Crippen molar-refractivity contribution in [2.75, 3.05) is 5.32 Å². The molecule has 0 unspecified atom stereocenters. The van der Waals surface area contributed by atoms with E-state index in [-0.39, 0.29) is 11.7 Å². The van der Waals surface area contributed by atoms with Crippen LogP contribution in [0.5, 0.6) is 0 Å². The summed E-state index contributed by atoms with van der Waals surface area (Å²) in [5, 5.41) is 7.32. The van der Waals surface area contributed by atoms with Crippen molar-refractivity contribution < 1.29 is 9.21 Å². The quantitative estimate of drug-likeness (QED) is 0.563. The van der Waals surface area contributed by atoms with Gasteiger partial charge in [0.15, 0.2) is 11.6 Å². The van der Waals surface area contributed by atoms with E-state index in [4.69, 9.17) is 4.42 Å². The first kappa shape index (κ1) is 17.7. The molecule has 0 saturated heterocycles. The third kappa shape index (κ3) is 3.57. The fraction of sp³-hybridized carbons (Fsp3) is 0.136. The van der Waals surface area contributed by atoms with E-state index in [1.165, 1.54) is 0 Å². The van der Waals surface area contributed by atoms with Gasteiger partial charge in [-0.1, -0.05) is 23.8 Å². The topological polar surface area (TPSA) is 73.0 Å². The molecule has 0 radical (unpaired) electrons. The van der Waals surface area contributed by atoms with Crippen molar-refractivity contribution in [3.8, 4) is 17.3 Å². The zero-order valence-corrected chi connectivity index (χ0v) is 15.9. The summed E-state index contributed by atoms with van der Waals surface area (Å²) in [6.45, 7) is 5.99. The smallest absolute Gasteiger partial charge is 0.295 e. The number of furan rings is 1. The Balaban J connectivity index is 1.72. The molecule has 6 heteroatoms. The van der Waals surface area contributed by atoms with Crippen LogP contribution >= 0.6 is 0 Å². The zero-order chi connectivity index (χ0) is 19.7. The van der Waals surface area contributed by atoms with Crippen molar-refractivity contribution in [3.63, 3.8) is 0 Å². The van der Waals surface area contributed by atoms with E-state index >= 15 is 0 Å². The lowest BCUT2D eigenvalue weighted by molar-refractivity contribution is 0.101. The highest BCUT2D eigenvalue weighted by atomic mass is 16.3. The van der Waals surface area contributed by atoms with E-state index < -0.39 is 0 Å². The predicted octanol–water partition coefficient (Wildman–Crippen LogP) is 4.70. The van der Waals surface area contributed by atoms with Gasteiger partial charge in [-0.25, -0.2) is 4.68 Å². The van der Waals surface area contributed by atoms with Crippen LogP contribution in [0.4, 0.5) is 5.69 Å². The number of amides is 1. The van der Waals surface area contributed by atoms with Crippen molar-refractivity contribution in [2.24, 2.45) is 0 Å². The number of benzene rings is 2. The van der Waals surface area contributed by atoms with Gasteiger partial charge in [-0.3, -0.25) is 4.79 Å². The minimum absolute atomic E-state index is 0.0751. The summed E-state index contributed by atoms with van der Waals surface area (Å²) in [4.78, 5) is 17.2. The first-order valence-electron chi connectivity index (χ1n) is 8.97. The van der Waals surface area contributed by atoms with Crippen LogP contribution in [0, 0.1) is 20.8 Å². The summed E-state index contributed by atoms with van der Waals surface area (Å²) in [5.41, 5.74) is 4.80.